The van der Waals surface area contributed by atoms with E-state index in [1.807, 2.05) is 41.2 Å². The molecule has 2 aliphatic rings. The Morgan fingerprint density at radius 1 is 1.24 bits per heavy atom. The molecule has 2 aliphatic heterocycles. The molecule has 4 aromatic rings. The van der Waals surface area contributed by atoms with E-state index in [0.29, 0.717) is 42.2 Å². The van der Waals surface area contributed by atoms with Crippen molar-refractivity contribution in [2.75, 3.05) is 6.61 Å². The molecule has 172 valence electrons. The van der Waals surface area contributed by atoms with Crippen molar-refractivity contribution in [3.8, 4) is 17.1 Å². The van der Waals surface area contributed by atoms with E-state index in [-0.39, 0.29) is 18.6 Å². The first-order valence-electron chi connectivity index (χ1n) is 11.2. The molecule has 0 spiro atoms. The van der Waals surface area contributed by atoms with Crippen LogP contribution in [0.25, 0.3) is 22.3 Å². The number of aliphatic hydroxyl groups is 1. The minimum Gasteiger partial charge on any atom is -0.492 e. The molecule has 0 radical (unpaired) electrons. The van der Waals surface area contributed by atoms with Crippen molar-refractivity contribution in [2.24, 2.45) is 0 Å². The summed E-state index contributed by atoms with van der Waals surface area (Å²) in [6, 6.07) is 11.3. The number of hydrogen-bond donors (Lipinski definition) is 1. The van der Waals surface area contributed by atoms with Gasteiger partial charge in [-0.3, -0.25) is 9.48 Å². The molecule has 1 atom stereocenters. The summed E-state index contributed by atoms with van der Waals surface area (Å²) in [5, 5.41) is 16.0. The maximum absolute atomic E-state index is 13.3. The van der Waals surface area contributed by atoms with Gasteiger partial charge in [-0.25, -0.2) is 9.78 Å². The zero-order chi connectivity index (χ0) is 23.4. The van der Waals surface area contributed by atoms with Gasteiger partial charge in [0.2, 0.25) is 0 Å². The normalized spacial score (nSPS) is 18.4. The molecule has 1 N–H and O–H groups in total. The van der Waals surface area contributed by atoms with Crippen LogP contribution in [-0.4, -0.2) is 37.0 Å². The van der Waals surface area contributed by atoms with Gasteiger partial charge in [0.05, 0.1) is 35.6 Å². The monoisotopic (exact) mass is 458 g/mol. The summed E-state index contributed by atoms with van der Waals surface area (Å²) >= 11 is 0. The van der Waals surface area contributed by atoms with Crippen molar-refractivity contribution in [3.05, 3.63) is 75.8 Å². The summed E-state index contributed by atoms with van der Waals surface area (Å²) in [5.41, 5.74) is 1.48. The highest BCUT2D eigenvalue weighted by Gasteiger charge is 2.45. The number of esters is 1. The highest BCUT2D eigenvalue weighted by molar-refractivity contribution is 5.87. The van der Waals surface area contributed by atoms with E-state index in [1.54, 1.807) is 23.8 Å². The molecule has 0 saturated heterocycles. The van der Waals surface area contributed by atoms with Crippen LogP contribution in [0.4, 0.5) is 0 Å². The first-order chi connectivity index (χ1) is 16.5. The van der Waals surface area contributed by atoms with Crippen molar-refractivity contribution in [1.82, 2.24) is 19.3 Å². The van der Waals surface area contributed by atoms with Crippen LogP contribution >= 0.6 is 0 Å². The van der Waals surface area contributed by atoms with Crippen LogP contribution < -0.4 is 10.3 Å². The molecule has 0 unspecified atom stereocenters. The van der Waals surface area contributed by atoms with Crippen LogP contribution in [0.15, 0.2) is 53.6 Å². The molecular weight excluding hydrogens is 436 g/mol. The van der Waals surface area contributed by atoms with Gasteiger partial charge in [0, 0.05) is 28.9 Å². The third-order valence-electron chi connectivity index (χ3n) is 6.63. The number of nitrogens with zero attached hydrogens (tertiary/aromatic N) is 4. The minimum absolute atomic E-state index is 0.114. The van der Waals surface area contributed by atoms with E-state index >= 15 is 0 Å². The lowest BCUT2D eigenvalue weighted by Crippen LogP contribution is -2.44. The maximum Gasteiger partial charge on any atom is 0.343 e. The lowest BCUT2D eigenvalue weighted by molar-refractivity contribution is -0.172. The lowest BCUT2D eigenvalue weighted by Gasteiger charge is -2.31. The Hall–Kier alpha value is -3.98. The van der Waals surface area contributed by atoms with Gasteiger partial charge in [0.25, 0.3) is 5.56 Å². The number of pyridine rings is 2. The first-order valence-corrected chi connectivity index (χ1v) is 11.2. The standard InChI is InChI=1S/C25H22N4O5/c1-2-25(32)19-12-21-22-16(13-29(21)23(30)18(19)14-34-24(25)31)10-15-11-17(4-5-20(15)27-22)33-9-8-28-7-3-6-26-28/h3-7,10-12,32H,2,8-9,13-14H2,1H3/t25-/m0/s1. The Bertz CT molecular complexity index is 1510. The fourth-order valence-corrected chi connectivity index (χ4v) is 4.74. The van der Waals surface area contributed by atoms with Crippen molar-refractivity contribution >= 4 is 16.9 Å². The zero-order valence-electron chi connectivity index (χ0n) is 18.5. The summed E-state index contributed by atoms with van der Waals surface area (Å²) in [5.74, 6) is 0.00449. The topological polar surface area (TPSA) is 108 Å². The number of carbonyl (C=O) groups excluding carboxylic acids is 1. The molecule has 9 nitrogen and oxygen atoms in total. The Labute approximate surface area is 194 Å². The molecular formula is C25H22N4O5. The molecule has 0 aliphatic carbocycles. The van der Waals surface area contributed by atoms with E-state index in [1.165, 1.54) is 0 Å². The molecule has 9 heteroatoms. The molecule has 0 bridgehead atoms. The molecule has 5 heterocycles. The van der Waals surface area contributed by atoms with E-state index < -0.39 is 11.6 Å². The van der Waals surface area contributed by atoms with Gasteiger partial charge >= 0.3 is 5.97 Å². The number of rotatable bonds is 5. The summed E-state index contributed by atoms with van der Waals surface area (Å²) in [6.07, 6.45) is 3.73. The second-order valence-corrected chi connectivity index (χ2v) is 8.57. The molecule has 0 saturated carbocycles. The number of benzene rings is 1. The van der Waals surface area contributed by atoms with Crippen LogP contribution in [0.3, 0.4) is 0 Å². The van der Waals surface area contributed by atoms with Crippen LogP contribution in [0, 0.1) is 0 Å². The first kappa shape index (κ1) is 20.6. The fourth-order valence-electron chi connectivity index (χ4n) is 4.74. The molecule has 0 fully saturated rings. The molecule has 1 aromatic carbocycles. The van der Waals surface area contributed by atoms with Gasteiger partial charge in [-0.1, -0.05) is 6.92 Å². The second-order valence-electron chi connectivity index (χ2n) is 8.57. The summed E-state index contributed by atoms with van der Waals surface area (Å²) in [4.78, 5) is 30.4. The fraction of sp³-hybridized carbons (Fsp3) is 0.280. The second kappa shape index (κ2) is 7.53. The van der Waals surface area contributed by atoms with Crippen LogP contribution in [0.1, 0.15) is 30.0 Å². The van der Waals surface area contributed by atoms with Crippen LogP contribution in [0.5, 0.6) is 5.75 Å². The largest absolute Gasteiger partial charge is 0.492 e. The van der Waals surface area contributed by atoms with Gasteiger partial charge in [0.15, 0.2) is 5.60 Å². The number of aromatic nitrogens is 4. The van der Waals surface area contributed by atoms with Gasteiger partial charge in [-0.2, -0.15) is 5.10 Å². The van der Waals surface area contributed by atoms with Crippen molar-refractivity contribution < 1.29 is 19.4 Å². The Kier molecular flexibility index (Phi) is 4.56. The molecule has 6 rings (SSSR count). The van der Waals surface area contributed by atoms with Crippen LogP contribution in [0.2, 0.25) is 0 Å². The number of fused-ring (bicyclic) bond motifs is 5. The zero-order valence-corrected chi connectivity index (χ0v) is 18.5. The SMILES string of the molecule is CC[C@@]1(O)C(=O)OCc2c1cc1n(c2=O)Cc2cc3cc(OCCn4cccn4)ccc3nc2-1. The van der Waals surface area contributed by atoms with E-state index in [0.717, 1.165) is 22.2 Å². The van der Waals surface area contributed by atoms with Crippen molar-refractivity contribution in [2.45, 2.75) is 38.6 Å². The average Bonchev–Trinajstić information content (AvgIpc) is 3.48. The molecule has 34 heavy (non-hydrogen) atoms. The Morgan fingerprint density at radius 2 is 2.12 bits per heavy atom. The number of ether oxygens (including phenoxy) is 2. The summed E-state index contributed by atoms with van der Waals surface area (Å²) < 4.78 is 14.4. The number of carbonyl (C=O) groups is 1. The van der Waals surface area contributed by atoms with E-state index in [9.17, 15) is 14.7 Å². The van der Waals surface area contributed by atoms with Crippen LogP contribution in [-0.2, 0) is 34.8 Å². The van der Waals surface area contributed by atoms with Gasteiger partial charge in [-0.05, 0) is 42.8 Å². The Balaban J connectivity index is 1.37. The van der Waals surface area contributed by atoms with Gasteiger partial charge < -0.3 is 19.1 Å². The third kappa shape index (κ3) is 3.04. The minimum atomic E-state index is -1.83. The smallest absolute Gasteiger partial charge is 0.343 e. The average molecular weight is 458 g/mol. The van der Waals surface area contributed by atoms with Gasteiger partial charge in [-0.15, -0.1) is 0 Å². The van der Waals surface area contributed by atoms with E-state index in [4.69, 9.17) is 14.5 Å². The summed E-state index contributed by atoms with van der Waals surface area (Å²) in [7, 11) is 0. The van der Waals surface area contributed by atoms with Crippen molar-refractivity contribution in [3.63, 3.8) is 0 Å². The highest BCUT2D eigenvalue weighted by Crippen LogP contribution is 2.38. The van der Waals surface area contributed by atoms with Gasteiger partial charge in [0.1, 0.15) is 19.0 Å². The van der Waals surface area contributed by atoms with Crippen molar-refractivity contribution in [1.29, 1.82) is 0 Å². The predicted octanol–water partition coefficient (Wildman–Crippen LogP) is 2.36. The quantitative estimate of drug-likeness (QED) is 0.403. The third-order valence-corrected chi connectivity index (χ3v) is 6.63. The number of cyclic esters (lactones) is 1. The molecule has 0 amide bonds. The highest BCUT2D eigenvalue weighted by atomic mass is 16.6. The summed E-state index contributed by atoms with van der Waals surface area (Å²) in [6.45, 7) is 3.05. The maximum atomic E-state index is 13.3. The predicted molar refractivity (Wildman–Crippen MR) is 122 cm³/mol. The number of hydrogen-bond acceptors (Lipinski definition) is 7. The lowest BCUT2D eigenvalue weighted by atomic mass is 9.86. The molecule has 3 aromatic heterocycles. The van der Waals surface area contributed by atoms with E-state index in [2.05, 4.69) is 5.10 Å². The Morgan fingerprint density at radius 3 is 2.91 bits per heavy atom.